The maximum absolute atomic E-state index is 7.85. The summed E-state index contributed by atoms with van der Waals surface area (Å²) in [4.78, 5) is 23.6. The molecule has 0 spiro atoms. The monoisotopic (exact) mass is 167 g/mol. The van der Waals surface area contributed by atoms with E-state index < -0.39 is 9.05 Å². The Kier molecular flexibility index (Phi) is 7.64. The quantitative estimate of drug-likeness (QED) is 0.369. The van der Waals surface area contributed by atoms with Crippen LogP contribution in [-0.2, 0) is 23.8 Å². The van der Waals surface area contributed by atoms with E-state index in [0.29, 0.717) is 0 Å². The standard InChI is InChI=1S/Na.H3O4Si.Ti.H/c;1-5(2,3)4;;/h;1-3H;;/q;-1;+1;. The van der Waals surface area contributed by atoms with Crippen LogP contribution in [0.2, 0.25) is 0 Å². The van der Waals surface area contributed by atoms with E-state index in [4.69, 9.17) is 14.4 Å². The van der Waals surface area contributed by atoms with E-state index in [9.17, 15) is 0 Å². The summed E-state index contributed by atoms with van der Waals surface area (Å²) in [5.41, 5.74) is 0. The molecule has 0 aliphatic rings. The Labute approximate surface area is 76.2 Å². The molecule has 0 amide bonds. The fourth-order valence-electron chi connectivity index (χ4n) is 0. The van der Waals surface area contributed by atoms with Crippen LogP contribution in [0, 0.1) is 0 Å². The first kappa shape index (κ1) is 11.6. The molecule has 0 aliphatic heterocycles. The molecular formula is H4NaO4SiTi. The normalized spacial score (nSPS) is 10.0. The fourth-order valence-corrected chi connectivity index (χ4v) is 0. The second-order valence-corrected chi connectivity index (χ2v) is 2.98. The number of hydrogen-bond acceptors (Lipinski definition) is 4. The maximum atomic E-state index is 7.85. The summed E-state index contributed by atoms with van der Waals surface area (Å²) < 4.78 is 3.74. The molecule has 7 heteroatoms. The minimum absolute atomic E-state index is 0. The van der Waals surface area contributed by atoms with E-state index in [1.54, 1.807) is 0 Å². The van der Waals surface area contributed by atoms with Crippen molar-refractivity contribution < 1.29 is 38.2 Å². The predicted octanol–water partition coefficient (Wildman–Crippen LogP) is -2.77. The molecule has 0 aromatic heterocycles. The first-order valence-electron chi connectivity index (χ1n) is 1.08. The molecule has 0 bridgehead atoms. The average Bonchev–Trinajstić information content (AvgIpc) is 1.35. The van der Waals surface area contributed by atoms with E-state index in [0.717, 1.165) is 20.8 Å². The Morgan fingerprint density at radius 2 is 1.43 bits per heavy atom. The van der Waals surface area contributed by atoms with Gasteiger partial charge in [-0.25, -0.2) is 0 Å². The van der Waals surface area contributed by atoms with Gasteiger partial charge in [-0.1, -0.05) is 0 Å². The van der Waals surface area contributed by atoms with Crippen molar-refractivity contribution in [1.82, 2.24) is 0 Å². The van der Waals surface area contributed by atoms with E-state index in [-0.39, 0.29) is 29.6 Å². The molecule has 0 atom stereocenters. The molecule has 0 aliphatic carbocycles. The summed E-state index contributed by atoms with van der Waals surface area (Å²) >= 11 is 1.02. The van der Waals surface area contributed by atoms with E-state index in [1.165, 1.54) is 0 Å². The van der Waals surface area contributed by atoms with Crippen LogP contribution in [0.1, 0.15) is 0 Å². The second kappa shape index (κ2) is 4.63. The van der Waals surface area contributed by atoms with Crippen molar-refractivity contribution in [3.63, 3.8) is 0 Å². The fraction of sp³-hybridized carbons (Fsp3) is 0. The second-order valence-electron chi connectivity index (χ2n) is 0.676. The van der Waals surface area contributed by atoms with Crippen LogP contribution < -0.4 is 0 Å². The molecule has 0 heterocycles. The van der Waals surface area contributed by atoms with E-state index in [1.807, 2.05) is 0 Å². The van der Waals surface area contributed by atoms with Crippen molar-refractivity contribution in [2.75, 3.05) is 0 Å². The predicted molar refractivity (Wildman–Crippen MR) is 20.6 cm³/mol. The van der Waals surface area contributed by atoms with Crippen molar-refractivity contribution in [2.24, 2.45) is 0 Å². The zero-order valence-corrected chi connectivity index (χ0v) is 5.31. The average molecular weight is 167 g/mol. The van der Waals surface area contributed by atoms with Crippen molar-refractivity contribution in [3.05, 3.63) is 0 Å². The van der Waals surface area contributed by atoms with Crippen LogP contribution >= 0.6 is 0 Å². The molecule has 0 fully saturated rings. The summed E-state index contributed by atoms with van der Waals surface area (Å²) in [6.07, 6.45) is 0. The molecule has 0 radical (unpaired) electrons. The van der Waals surface area contributed by atoms with Crippen LogP contribution in [0.4, 0.5) is 0 Å². The van der Waals surface area contributed by atoms with Gasteiger partial charge in [0.15, 0.2) is 0 Å². The summed E-state index contributed by atoms with van der Waals surface area (Å²) in [5, 5.41) is 0. The van der Waals surface area contributed by atoms with Gasteiger partial charge in [0.1, 0.15) is 0 Å². The molecule has 0 saturated heterocycles. The third kappa shape index (κ3) is 11.4. The van der Waals surface area contributed by atoms with Gasteiger partial charge in [-0.2, -0.15) is 0 Å². The van der Waals surface area contributed by atoms with E-state index in [2.05, 4.69) is 3.01 Å². The van der Waals surface area contributed by atoms with Crippen LogP contribution in [-0.4, -0.2) is 53.0 Å². The SMILES string of the molecule is O[Si](O)(O)[O][Ti].[NaH]. The van der Waals surface area contributed by atoms with Crippen LogP contribution in [0.5, 0.6) is 0 Å². The molecule has 0 aromatic carbocycles. The van der Waals surface area contributed by atoms with Crippen molar-refractivity contribution in [3.8, 4) is 0 Å². The minimum atomic E-state index is -4.13. The van der Waals surface area contributed by atoms with Gasteiger partial charge in [0, 0.05) is 0 Å². The zero-order chi connectivity index (χ0) is 5.21. The number of hydrogen-bond donors (Lipinski definition) is 3. The molecule has 4 nitrogen and oxygen atoms in total. The van der Waals surface area contributed by atoms with Gasteiger partial charge in [-0.15, -0.1) is 0 Å². The molecule has 7 heavy (non-hydrogen) atoms. The van der Waals surface area contributed by atoms with Crippen molar-refractivity contribution in [2.45, 2.75) is 0 Å². The summed E-state index contributed by atoms with van der Waals surface area (Å²) in [5.74, 6) is 0. The topological polar surface area (TPSA) is 69.9 Å². The molecule has 37 valence electrons. The Bertz CT molecular complexity index is 41.4. The van der Waals surface area contributed by atoms with Crippen molar-refractivity contribution >= 4 is 38.6 Å². The van der Waals surface area contributed by atoms with Gasteiger partial charge in [-0.05, 0) is 0 Å². The first-order chi connectivity index (χ1) is 2.56. The Hall–Kier alpha value is 1.77. The van der Waals surface area contributed by atoms with Gasteiger partial charge >= 0.3 is 76.8 Å². The van der Waals surface area contributed by atoms with Crippen molar-refractivity contribution in [1.29, 1.82) is 0 Å². The molecule has 0 unspecified atom stereocenters. The van der Waals surface area contributed by atoms with Gasteiger partial charge < -0.3 is 0 Å². The van der Waals surface area contributed by atoms with Gasteiger partial charge in [0.05, 0.1) is 0 Å². The summed E-state index contributed by atoms with van der Waals surface area (Å²) in [6.45, 7) is 0. The third-order valence-corrected chi connectivity index (χ3v) is 1.69. The van der Waals surface area contributed by atoms with Crippen LogP contribution in [0.25, 0.3) is 0 Å². The molecular weight excluding hydrogens is 163 g/mol. The van der Waals surface area contributed by atoms with Crippen LogP contribution in [0.15, 0.2) is 0 Å². The third-order valence-electron chi connectivity index (χ3n) is 0.137. The van der Waals surface area contributed by atoms with Gasteiger partial charge in [0.2, 0.25) is 0 Å². The van der Waals surface area contributed by atoms with E-state index >= 15 is 0 Å². The Balaban J connectivity index is 0. The van der Waals surface area contributed by atoms with Gasteiger partial charge in [0.25, 0.3) is 0 Å². The first-order valence-corrected chi connectivity index (χ1v) is 3.47. The van der Waals surface area contributed by atoms with Gasteiger partial charge in [-0.3, -0.25) is 0 Å². The Morgan fingerprint density at radius 3 is 1.43 bits per heavy atom. The number of rotatable bonds is 1. The van der Waals surface area contributed by atoms with Crippen LogP contribution in [0.3, 0.4) is 0 Å². The summed E-state index contributed by atoms with van der Waals surface area (Å²) in [6, 6.07) is 0. The molecule has 0 aromatic rings. The zero-order valence-electron chi connectivity index (χ0n) is 2.75. The summed E-state index contributed by atoms with van der Waals surface area (Å²) in [7, 11) is -4.13. The molecule has 0 saturated carbocycles. The molecule has 0 rings (SSSR count). The molecule has 3 N–H and O–H groups in total. The Morgan fingerprint density at radius 1 is 1.29 bits per heavy atom.